The fourth-order valence-corrected chi connectivity index (χ4v) is 3.89. The van der Waals surface area contributed by atoms with Crippen LogP contribution >= 0.6 is 11.6 Å². The van der Waals surface area contributed by atoms with Crippen molar-refractivity contribution in [1.29, 1.82) is 0 Å². The molecule has 2 amide bonds. The van der Waals surface area contributed by atoms with Gasteiger partial charge in [-0.2, -0.15) is 0 Å². The Morgan fingerprint density at radius 3 is 2.81 bits per heavy atom. The van der Waals surface area contributed by atoms with Gasteiger partial charge in [0.15, 0.2) is 0 Å². The number of hydrogen-bond acceptors (Lipinski definition) is 3. The lowest BCUT2D eigenvalue weighted by Gasteiger charge is -2.40. The molecule has 0 aliphatic carbocycles. The van der Waals surface area contributed by atoms with Gasteiger partial charge in [-0.1, -0.05) is 11.6 Å². The molecule has 1 N–H and O–H groups in total. The second-order valence-electron chi connectivity index (χ2n) is 6.88. The second kappa shape index (κ2) is 6.32. The molecule has 1 fully saturated rings. The molecule has 6 heteroatoms. The smallest absolute Gasteiger partial charge is 0.257 e. The monoisotopic (exact) mass is 369 g/mol. The highest BCUT2D eigenvalue weighted by Crippen LogP contribution is 2.35. The topological polar surface area (TPSA) is 52.7 Å². The summed E-state index contributed by atoms with van der Waals surface area (Å²) in [6.07, 6.45) is 2.06. The van der Waals surface area contributed by atoms with Crippen LogP contribution in [0.15, 0.2) is 36.4 Å². The van der Waals surface area contributed by atoms with E-state index in [1.54, 1.807) is 30.3 Å². The molecule has 2 aromatic rings. The number of fused-ring (bicyclic) bond motifs is 2. The van der Waals surface area contributed by atoms with Crippen LogP contribution in [0.2, 0.25) is 5.02 Å². The lowest BCUT2D eigenvalue weighted by Crippen LogP contribution is -2.50. The minimum Gasteiger partial charge on any atom is -0.354 e. The van der Waals surface area contributed by atoms with Crippen LogP contribution in [0.1, 0.15) is 39.1 Å². The van der Waals surface area contributed by atoms with Crippen molar-refractivity contribution in [3.8, 4) is 0 Å². The first kappa shape index (κ1) is 16.9. The van der Waals surface area contributed by atoms with Crippen LogP contribution in [0.3, 0.4) is 0 Å². The van der Waals surface area contributed by atoms with Gasteiger partial charge in [-0.15, -0.1) is 0 Å². The van der Waals surface area contributed by atoms with Crippen LogP contribution < -0.4 is 10.2 Å². The Morgan fingerprint density at radius 2 is 2.04 bits per heavy atom. The zero-order valence-corrected chi connectivity index (χ0v) is 15.5. The molecule has 2 aromatic carbocycles. The van der Waals surface area contributed by atoms with Crippen molar-refractivity contribution in [2.24, 2.45) is 0 Å². The molecule has 0 spiro atoms. The fourth-order valence-electron chi connectivity index (χ4n) is 3.78. The van der Waals surface area contributed by atoms with Gasteiger partial charge in [0.25, 0.3) is 11.8 Å². The third-order valence-electron chi connectivity index (χ3n) is 5.22. The van der Waals surface area contributed by atoms with Crippen molar-refractivity contribution in [2.45, 2.75) is 25.9 Å². The number of aryl methyl sites for hydroxylation is 1. The van der Waals surface area contributed by atoms with E-state index in [1.807, 2.05) is 24.9 Å². The number of hydrogen-bond donors (Lipinski definition) is 1. The standard InChI is InChI=1S/C20H20ClN3O2/c1-12-10-14(6-8-16(12)21)22-19(25)13-5-7-15-17(11-13)23(2)18-4-3-9-24(18)20(15)26/h5-8,10-11,18H,3-4,9H2,1-2H3,(H,22,25)/t18-/m0/s1. The van der Waals surface area contributed by atoms with Gasteiger partial charge in [-0.05, 0) is 61.7 Å². The first-order valence-electron chi connectivity index (χ1n) is 8.71. The number of halogens is 1. The Labute approximate surface area is 157 Å². The first-order valence-corrected chi connectivity index (χ1v) is 9.09. The SMILES string of the molecule is Cc1cc(NC(=O)c2ccc3c(c2)N(C)[C@@H]2CCCN2C3=O)ccc1Cl. The Kier molecular flexibility index (Phi) is 4.11. The molecule has 2 heterocycles. The third-order valence-corrected chi connectivity index (χ3v) is 5.64. The predicted molar refractivity (Wildman–Crippen MR) is 103 cm³/mol. The third kappa shape index (κ3) is 2.72. The van der Waals surface area contributed by atoms with Gasteiger partial charge in [0.1, 0.15) is 6.17 Å². The molecule has 26 heavy (non-hydrogen) atoms. The number of nitrogens with one attached hydrogen (secondary N) is 1. The van der Waals surface area contributed by atoms with E-state index in [9.17, 15) is 9.59 Å². The van der Waals surface area contributed by atoms with Crippen LogP contribution in [0, 0.1) is 6.92 Å². The molecule has 5 nitrogen and oxygen atoms in total. The summed E-state index contributed by atoms with van der Waals surface area (Å²) in [6.45, 7) is 2.69. The maximum atomic E-state index is 12.7. The molecule has 0 radical (unpaired) electrons. The van der Waals surface area contributed by atoms with Gasteiger partial charge in [-0.25, -0.2) is 0 Å². The maximum Gasteiger partial charge on any atom is 0.257 e. The zero-order chi connectivity index (χ0) is 18.4. The van der Waals surface area contributed by atoms with E-state index in [1.165, 1.54) is 0 Å². The minimum absolute atomic E-state index is 0.0564. The van der Waals surface area contributed by atoms with Crippen molar-refractivity contribution in [1.82, 2.24) is 4.90 Å². The molecular weight excluding hydrogens is 350 g/mol. The van der Waals surface area contributed by atoms with E-state index >= 15 is 0 Å². The predicted octanol–water partition coefficient (Wildman–Crippen LogP) is 3.91. The molecule has 0 bridgehead atoms. The summed E-state index contributed by atoms with van der Waals surface area (Å²) in [5.41, 5.74) is 3.60. The van der Waals surface area contributed by atoms with Crippen LogP contribution in [-0.4, -0.2) is 36.5 Å². The normalized spacial score (nSPS) is 18.6. The summed E-state index contributed by atoms with van der Waals surface area (Å²) < 4.78 is 0. The zero-order valence-electron chi connectivity index (χ0n) is 14.8. The van der Waals surface area contributed by atoms with Crippen LogP contribution in [0.5, 0.6) is 0 Å². The number of carbonyl (C=O) groups excluding carboxylic acids is 2. The van der Waals surface area contributed by atoms with Gasteiger partial charge >= 0.3 is 0 Å². The fraction of sp³-hybridized carbons (Fsp3) is 0.300. The van der Waals surface area contributed by atoms with Gasteiger partial charge < -0.3 is 15.1 Å². The maximum absolute atomic E-state index is 12.7. The summed E-state index contributed by atoms with van der Waals surface area (Å²) in [5, 5.41) is 3.56. The van der Waals surface area contributed by atoms with Crippen molar-refractivity contribution in [3.63, 3.8) is 0 Å². The van der Waals surface area contributed by atoms with Crippen molar-refractivity contribution >= 4 is 34.8 Å². The lowest BCUT2D eigenvalue weighted by molar-refractivity contribution is 0.0719. The van der Waals surface area contributed by atoms with Crippen LogP contribution in [0.4, 0.5) is 11.4 Å². The van der Waals surface area contributed by atoms with Crippen LogP contribution in [0.25, 0.3) is 0 Å². The van der Waals surface area contributed by atoms with E-state index < -0.39 is 0 Å². The number of amides is 2. The largest absolute Gasteiger partial charge is 0.354 e. The molecule has 134 valence electrons. The number of rotatable bonds is 2. The van der Waals surface area contributed by atoms with E-state index in [0.717, 1.165) is 30.6 Å². The highest BCUT2D eigenvalue weighted by molar-refractivity contribution is 6.31. The molecule has 0 unspecified atom stereocenters. The molecule has 1 atom stereocenters. The summed E-state index contributed by atoms with van der Waals surface area (Å²) in [4.78, 5) is 29.3. The van der Waals surface area contributed by atoms with Gasteiger partial charge in [0.2, 0.25) is 0 Å². The second-order valence-corrected chi connectivity index (χ2v) is 7.29. The number of anilines is 2. The molecule has 2 aliphatic heterocycles. The van der Waals surface area contributed by atoms with Gasteiger partial charge in [0.05, 0.1) is 11.3 Å². The molecule has 0 saturated carbocycles. The van der Waals surface area contributed by atoms with Crippen molar-refractivity contribution < 1.29 is 9.59 Å². The first-order chi connectivity index (χ1) is 12.5. The van der Waals surface area contributed by atoms with E-state index in [-0.39, 0.29) is 18.0 Å². The number of benzene rings is 2. The quantitative estimate of drug-likeness (QED) is 0.873. The Hall–Kier alpha value is -2.53. The number of carbonyl (C=O) groups is 2. The molecule has 0 aromatic heterocycles. The Bertz CT molecular complexity index is 912. The lowest BCUT2D eigenvalue weighted by atomic mass is 10.0. The molecule has 4 rings (SSSR count). The molecular formula is C20H20ClN3O2. The molecule has 2 aliphatic rings. The Morgan fingerprint density at radius 1 is 1.23 bits per heavy atom. The molecule has 1 saturated heterocycles. The van der Waals surface area contributed by atoms with E-state index in [4.69, 9.17) is 11.6 Å². The highest BCUT2D eigenvalue weighted by Gasteiger charge is 2.38. The Balaban J connectivity index is 1.62. The average Bonchev–Trinajstić information content (AvgIpc) is 3.12. The van der Waals surface area contributed by atoms with Crippen molar-refractivity contribution in [3.05, 3.63) is 58.1 Å². The van der Waals surface area contributed by atoms with Gasteiger partial charge in [-0.3, -0.25) is 9.59 Å². The average molecular weight is 370 g/mol. The van der Waals surface area contributed by atoms with Gasteiger partial charge in [0, 0.05) is 29.9 Å². The van der Waals surface area contributed by atoms with E-state index in [0.29, 0.717) is 21.8 Å². The van der Waals surface area contributed by atoms with E-state index in [2.05, 4.69) is 10.2 Å². The van der Waals surface area contributed by atoms with Crippen molar-refractivity contribution in [2.75, 3.05) is 23.8 Å². The summed E-state index contributed by atoms with van der Waals surface area (Å²) in [5.74, 6) is -0.148. The summed E-state index contributed by atoms with van der Waals surface area (Å²) >= 11 is 6.03. The summed E-state index contributed by atoms with van der Waals surface area (Å²) in [7, 11) is 1.98. The highest BCUT2D eigenvalue weighted by atomic mass is 35.5. The summed E-state index contributed by atoms with van der Waals surface area (Å²) in [6, 6.07) is 10.6. The number of nitrogens with zero attached hydrogens (tertiary/aromatic N) is 2. The van der Waals surface area contributed by atoms with Crippen LogP contribution in [-0.2, 0) is 0 Å². The minimum atomic E-state index is -0.204.